The van der Waals surface area contributed by atoms with E-state index in [2.05, 4.69) is 10.4 Å². The number of aliphatic hydroxyl groups excluding tert-OH is 1. The number of aromatic nitrogens is 2. The Labute approximate surface area is 117 Å². The van der Waals surface area contributed by atoms with Crippen molar-refractivity contribution in [3.8, 4) is 11.8 Å². The summed E-state index contributed by atoms with van der Waals surface area (Å²) in [6.45, 7) is 0.520. The van der Waals surface area contributed by atoms with E-state index in [0.717, 1.165) is 5.69 Å². The lowest BCUT2D eigenvalue weighted by Crippen LogP contribution is -2.26. The molecule has 0 saturated heterocycles. The lowest BCUT2D eigenvalue weighted by Gasteiger charge is -2.13. The fourth-order valence-corrected chi connectivity index (χ4v) is 1.65. The van der Waals surface area contributed by atoms with Crippen LogP contribution in [-0.4, -0.2) is 34.1 Å². The van der Waals surface area contributed by atoms with Crippen LogP contribution in [0.15, 0.2) is 36.7 Å². The first-order valence-corrected chi connectivity index (χ1v) is 6.21. The molecule has 20 heavy (non-hydrogen) atoms. The standard InChI is InChI=1S/C14H16N4O2/c1-18-9-12(7-17-18)16-8-13(19)10-20-14-4-2-3-11(5-14)6-15/h2-5,7,9,13,16,19H,8,10H2,1H3. The molecule has 2 N–H and O–H groups in total. The highest BCUT2D eigenvalue weighted by molar-refractivity contribution is 5.38. The highest BCUT2D eigenvalue weighted by Gasteiger charge is 2.06. The van der Waals surface area contributed by atoms with E-state index in [1.165, 1.54) is 0 Å². The molecular formula is C14H16N4O2. The highest BCUT2D eigenvalue weighted by Crippen LogP contribution is 2.12. The van der Waals surface area contributed by atoms with Gasteiger partial charge >= 0.3 is 0 Å². The minimum absolute atomic E-state index is 0.155. The van der Waals surface area contributed by atoms with Crippen LogP contribution in [0.25, 0.3) is 0 Å². The third-order valence-corrected chi connectivity index (χ3v) is 2.65. The zero-order valence-corrected chi connectivity index (χ0v) is 11.2. The van der Waals surface area contributed by atoms with E-state index in [0.29, 0.717) is 17.9 Å². The molecule has 0 spiro atoms. The van der Waals surface area contributed by atoms with Crippen molar-refractivity contribution in [3.05, 3.63) is 42.2 Å². The number of aryl methyl sites for hydroxylation is 1. The molecule has 104 valence electrons. The van der Waals surface area contributed by atoms with Crippen LogP contribution >= 0.6 is 0 Å². The first kappa shape index (κ1) is 13.9. The first-order valence-electron chi connectivity index (χ1n) is 6.21. The molecule has 0 bridgehead atoms. The van der Waals surface area contributed by atoms with E-state index in [1.54, 1.807) is 35.1 Å². The van der Waals surface area contributed by atoms with Gasteiger partial charge in [0.15, 0.2) is 0 Å². The zero-order valence-electron chi connectivity index (χ0n) is 11.2. The van der Waals surface area contributed by atoms with E-state index in [1.807, 2.05) is 19.3 Å². The van der Waals surface area contributed by atoms with Gasteiger partial charge in [0.05, 0.1) is 23.5 Å². The van der Waals surface area contributed by atoms with Gasteiger partial charge in [0.25, 0.3) is 0 Å². The maximum Gasteiger partial charge on any atom is 0.120 e. The number of hydrogen-bond acceptors (Lipinski definition) is 5. The molecule has 1 atom stereocenters. The molecule has 0 aliphatic carbocycles. The van der Waals surface area contributed by atoms with E-state index >= 15 is 0 Å². The smallest absolute Gasteiger partial charge is 0.120 e. The summed E-state index contributed by atoms with van der Waals surface area (Å²) in [6.07, 6.45) is 2.86. The Hall–Kier alpha value is -2.52. The molecule has 0 aliphatic heterocycles. The van der Waals surface area contributed by atoms with Crippen molar-refractivity contribution in [2.24, 2.45) is 7.05 Å². The molecule has 0 saturated carbocycles. The van der Waals surface area contributed by atoms with E-state index in [4.69, 9.17) is 10.00 Å². The SMILES string of the molecule is Cn1cc(NCC(O)COc2cccc(C#N)c2)cn1. The van der Waals surface area contributed by atoms with Crippen molar-refractivity contribution < 1.29 is 9.84 Å². The van der Waals surface area contributed by atoms with Crippen LogP contribution in [0.1, 0.15) is 5.56 Å². The summed E-state index contributed by atoms with van der Waals surface area (Å²) in [5, 5.41) is 25.7. The highest BCUT2D eigenvalue weighted by atomic mass is 16.5. The van der Waals surface area contributed by atoms with Gasteiger partial charge in [-0.3, -0.25) is 4.68 Å². The van der Waals surface area contributed by atoms with E-state index < -0.39 is 6.10 Å². The molecule has 2 rings (SSSR count). The van der Waals surface area contributed by atoms with Crippen molar-refractivity contribution in [2.45, 2.75) is 6.10 Å². The van der Waals surface area contributed by atoms with Crippen LogP contribution in [0.3, 0.4) is 0 Å². The monoisotopic (exact) mass is 272 g/mol. The molecule has 0 fully saturated rings. The van der Waals surface area contributed by atoms with Crippen LogP contribution in [0, 0.1) is 11.3 Å². The summed E-state index contributed by atoms with van der Waals surface area (Å²) >= 11 is 0. The molecule has 2 aromatic rings. The lowest BCUT2D eigenvalue weighted by atomic mass is 10.2. The molecule has 1 unspecified atom stereocenters. The number of nitrogens with one attached hydrogen (secondary N) is 1. The number of ether oxygens (including phenoxy) is 1. The lowest BCUT2D eigenvalue weighted by molar-refractivity contribution is 0.117. The fraction of sp³-hybridized carbons (Fsp3) is 0.286. The van der Waals surface area contributed by atoms with Gasteiger partial charge in [-0.05, 0) is 18.2 Å². The second kappa shape index (κ2) is 6.59. The van der Waals surface area contributed by atoms with E-state index in [9.17, 15) is 5.11 Å². The molecule has 0 amide bonds. The van der Waals surface area contributed by atoms with Crippen molar-refractivity contribution >= 4 is 5.69 Å². The number of aliphatic hydroxyl groups is 1. The summed E-state index contributed by atoms with van der Waals surface area (Å²) < 4.78 is 7.12. The summed E-state index contributed by atoms with van der Waals surface area (Å²) in [5.74, 6) is 0.574. The average Bonchev–Trinajstić information content (AvgIpc) is 2.89. The molecule has 1 aromatic heterocycles. The Bertz CT molecular complexity index is 603. The number of rotatable bonds is 6. The Morgan fingerprint density at radius 1 is 1.55 bits per heavy atom. The van der Waals surface area contributed by atoms with Crippen LogP contribution in [0.2, 0.25) is 0 Å². The maximum absolute atomic E-state index is 9.83. The number of hydrogen-bond donors (Lipinski definition) is 2. The molecule has 1 aromatic carbocycles. The van der Waals surface area contributed by atoms with Gasteiger partial charge in [0.2, 0.25) is 0 Å². The van der Waals surface area contributed by atoms with Gasteiger partial charge in [0, 0.05) is 19.8 Å². The quantitative estimate of drug-likeness (QED) is 0.824. The zero-order chi connectivity index (χ0) is 14.4. The Kier molecular flexibility index (Phi) is 4.58. The third kappa shape index (κ3) is 4.00. The Morgan fingerprint density at radius 3 is 3.10 bits per heavy atom. The number of anilines is 1. The predicted octanol–water partition coefficient (Wildman–Crippen LogP) is 1.14. The topological polar surface area (TPSA) is 83.1 Å². The minimum Gasteiger partial charge on any atom is -0.491 e. The summed E-state index contributed by atoms with van der Waals surface area (Å²) in [5.41, 5.74) is 1.38. The summed E-state index contributed by atoms with van der Waals surface area (Å²) in [7, 11) is 1.83. The first-order chi connectivity index (χ1) is 9.67. The Balaban J connectivity index is 1.77. The number of nitrogens with zero attached hydrogens (tertiary/aromatic N) is 3. The summed E-state index contributed by atoms with van der Waals surface area (Å²) in [4.78, 5) is 0. The predicted molar refractivity (Wildman–Crippen MR) is 74.4 cm³/mol. The Morgan fingerprint density at radius 2 is 2.40 bits per heavy atom. The summed E-state index contributed by atoms with van der Waals surface area (Å²) in [6, 6.07) is 8.88. The van der Waals surface area contributed by atoms with Gasteiger partial charge in [-0.25, -0.2) is 0 Å². The van der Waals surface area contributed by atoms with Crippen molar-refractivity contribution in [1.29, 1.82) is 5.26 Å². The number of nitriles is 1. The van der Waals surface area contributed by atoms with Crippen molar-refractivity contribution in [1.82, 2.24) is 9.78 Å². The van der Waals surface area contributed by atoms with Gasteiger partial charge < -0.3 is 15.2 Å². The second-order valence-electron chi connectivity index (χ2n) is 4.39. The van der Waals surface area contributed by atoms with Crippen LogP contribution in [0.4, 0.5) is 5.69 Å². The average molecular weight is 272 g/mol. The van der Waals surface area contributed by atoms with Crippen LogP contribution in [0.5, 0.6) is 5.75 Å². The van der Waals surface area contributed by atoms with Crippen LogP contribution < -0.4 is 10.1 Å². The normalized spacial score (nSPS) is 11.7. The minimum atomic E-state index is -0.652. The molecule has 6 nitrogen and oxygen atoms in total. The van der Waals surface area contributed by atoms with Crippen molar-refractivity contribution in [3.63, 3.8) is 0 Å². The second-order valence-corrected chi connectivity index (χ2v) is 4.39. The molecule has 6 heteroatoms. The number of benzene rings is 1. The fourth-order valence-electron chi connectivity index (χ4n) is 1.65. The van der Waals surface area contributed by atoms with Crippen molar-refractivity contribution in [2.75, 3.05) is 18.5 Å². The third-order valence-electron chi connectivity index (χ3n) is 2.65. The molecule has 0 aliphatic rings. The van der Waals surface area contributed by atoms with Crippen LogP contribution in [-0.2, 0) is 7.05 Å². The molecule has 0 radical (unpaired) electrons. The largest absolute Gasteiger partial charge is 0.491 e. The van der Waals surface area contributed by atoms with Gasteiger partial charge in [-0.1, -0.05) is 6.07 Å². The van der Waals surface area contributed by atoms with Gasteiger partial charge in [-0.2, -0.15) is 10.4 Å². The molecule has 1 heterocycles. The molecular weight excluding hydrogens is 256 g/mol. The van der Waals surface area contributed by atoms with E-state index in [-0.39, 0.29) is 6.61 Å². The van der Waals surface area contributed by atoms with Gasteiger partial charge in [0.1, 0.15) is 18.5 Å². The van der Waals surface area contributed by atoms with Gasteiger partial charge in [-0.15, -0.1) is 0 Å². The maximum atomic E-state index is 9.83.